The van der Waals surface area contributed by atoms with E-state index in [2.05, 4.69) is 64.9 Å². The lowest BCUT2D eigenvalue weighted by Crippen LogP contribution is -2.25. The van der Waals surface area contributed by atoms with Gasteiger partial charge in [0, 0.05) is 29.4 Å². The van der Waals surface area contributed by atoms with Gasteiger partial charge in [0.25, 0.3) is 0 Å². The molecule has 23 heavy (non-hydrogen) atoms. The third-order valence-electron chi connectivity index (χ3n) is 4.22. The van der Waals surface area contributed by atoms with Crippen molar-refractivity contribution in [2.45, 2.75) is 19.8 Å². The topological polar surface area (TPSA) is 57.2 Å². The van der Waals surface area contributed by atoms with Crippen LogP contribution in [0.4, 0.5) is 0 Å². The van der Waals surface area contributed by atoms with Gasteiger partial charge in [-0.1, -0.05) is 35.9 Å². The van der Waals surface area contributed by atoms with Crippen LogP contribution in [0.25, 0.3) is 22.2 Å². The predicted molar refractivity (Wildman–Crippen MR) is 92.4 cm³/mol. The summed E-state index contributed by atoms with van der Waals surface area (Å²) in [5, 5.41) is 5.32. The molecule has 3 aromatic rings. The fourth-order valence-corrected chi connectivity index (χ4v) is 2.88. The van der Waals surface area contributed by atoms with Gasteiger partial charge in [0.05, 0.1) is 5.71 Å². The minimum absolute atomic E-state index is 0.0156. The quantitative estimate of drug-likeness (QED) is 0.744. The van der Waals surface area contributed by atoms with Crippen molar-refractivity contribution in [2.75, 3.05) is 0 Å². The molecule has 2 N–H and O–H groups in total. The lowest BCUT2D eigenvalue weighted by Gasteiger charge is -2.11. The van der Waals surface area contributed by atoms with Gasteiger partial charge in [-0.25, -0.2) is 5.43 Å². The highest BCUT2D eigenvalue weighted by Gasteiger charge is 2.14. The SMILES string of the molecule is Cc1ccc(-c2cc3cc(C4=NNC(=O)CC4)ccc3[nH]2)cc1. The first kappa shape index (κ1) is 13.8. The summed E-state index contributed by atoms with van der Waals surface area (Å²) in [6.07, 6.45) is 1.19. The summed E-state index contributed by atoms with van der Waals surface area (Å²) in [5.41, 5.74) is 9.19. The lowest BCUT2D eigenvalue weighted by atomic mass is 10.0. The molecule has 4 heteroatoms. The van der Waals surface area contributed by atoms with E-state index in [1.807, 2.05) is 6.07 Å². The molecular weight excluding hydrogens is 286 g/mol. The van der Waals surface area contributed by atoms with Crippen molar-refractivity contribution >= 4 is 22.5 Å². The molecule has 2 aromatic carbocycles. The number of aryl methyl sites for hydroxylation is 1. The van der Waals surface area contributed by atoms with Crippen LogP contribution in [0.3, 0.4) is 0 Å². The van der Waals surface area contributed by atoms with E-state index in [-0.39, 0.29) is 5.91 Å². The number of aromatic nitrogens is 1. The molecule has 1 aliphatic rings. The molecule has 0 fully saturated rings. The molecule has 0 atom stereocenters. The molecule has 1 amide bonds. The number of H-pyrrole nitrogens is 1. The van der Waals surface area contributed by atoms with Gasteiger partial charge in [0.1, 0.15) is 0 Å². The molecule has 0 unspecified atom stereocenters. The maximum Gasteiger partial charge on any atom is 0.240 e. The first-order valence-corrected chi connectivity index (χ1v) is 7.75. The molecule has 2 heterocycles. The van der Waals surface area contributed by atoms with Crippen molar-refractivity contribution in [1.29, 1.82) is 0 Å². The van der Waals surface area contributed by atoms with Gasteiger partial charge < -0.3 is 4.98 Å². The molecule has 4 rings (SSSR count). The summed E-state index contributed by atoms with van der Waals surface area (Å²) in [6.45, 7) is 2.09. The van der Waals surface area contributed by atoms with Gasteiger partial charge in [-0.15, -0.1) is 0 Å². The zero-order chi connectivity index (χ0) is 15.8. The maximum atomic E-state index is 11.2. The van der Waals surface area contributed by atoms with E-state index in [9.17, 15) is 4.79 Å². The average molecular weight is 303 g/mol. The maximum absolute atomic E-state index is 11.2. The molecule has 1 aromatic heterocycles. The highest BCUT2D eigenvalue weighted by Crippen LogP contribution is 2.26. The second-order valence-electron chi connectivity index (χ2n) is 5.94. The third-order valence-corrected chi connectivity index (χ3v) is 4.22. The molecule has 0 radical (unpaired) electrons. The molecule has 0 saturated carbocycles. The number of hydrogen-bond donors (Lipinski definition) is 2. The van der Waals surface area contributed by atoms with E-state index in [4.69, 9.17) is 0 Å². The van der Waals surface area contributed by atoms with Crippen molar-refractivity contribution in [2.24, 2.45) is 5.10 Å². The molecule has 0 saturated heterocycles. The van der Waals surface area contributed by atoms with Crippen LogP contribution in [0.1, 0.15) is 24.0 Å². The zero-order valence-electron chi connectivity index (χ0n) is 12.9. The van der Waals surface area contributed by atoms with Gasteiger partial charge in [-0.3, -0.25) is 4.79 Å². The molecule has 0 aliphatic carbocycles. The Labute approximate surface area is 134 Å². The Morgan fingerprint density at radius 1 is 0.957 bits per heavy atom. The Hall–Kier alpha value is -2.88. The van der Waals surface area contributed by atoms with E-state index >= 15 is 0 Å². The predicted octanol–water partition coefficient (Wildman–Crippen LogP) is 3.76. The summed E-state index contributed by atoms with van der Waals surface area (Å²) >= 11 is 0. The molecular formula is C19H17N3O. The monoisotopic (exact) mass is 303 g/mol. The van der Waals surface area contributed by atoms with Crippen LogP contribution in [0, 0.1) is 6.92 Å². The van der Waals surface area contributed by atoms with Crippen molar-refractivity contribution in [1.82, 2.24) is 10.4 Å². The van der Waals surface area contributed by atoms with E-state index in [1.54, 1.807) is 0 Å². The Bertz CT molecular complexity index is 919. The second-order valence-corrected chi connectivity index (χ2v) is 5.94. The fraction of sp³-hybridized carbons (Fsp3) is 0.158. The highest BCUT2D eigenvalue weighted by atomic mass is 16.2. The number of amides is 1. The normalized spacial score (nSPS) is 14.7. The van der Waals surface area contributed by atoms with E-state index in [0.29, 0.717) is 12.8 Å². The van der Waals surface area contributed by atoms with Crippen LogP contribution >= 0.6 is 0 Å². The minimum Gasteiger partial charge on any atom is -0.355 e. The Balaban J connectivity index is 1.72. The van der Waals surface area contributed by atoms with Crippen LogP contribution in [-0.2, 0) is 4.79 Å². The number of carbonyl (C=O) groups is 1. The first-order valence-electron chi connectivity index (χ1n) is 7.75. The fourth-order valence-electron chi connectivity index (χ4n) is 2.88. The van der Waals surface area contributed by atoms with Gasteiger partial charge in [0.2, 0.25) is 5.91 Å². The summed E-state index contributed by atoms with van der Waals surface area (Å²) in [6, 6.07) is 16.9. The Morgan fingerprint density at radius 2 is 1.74 bits per heavy atom. The number of benzene rings is 2. The number of nitrogens with zero attached hydrogens (tertiary/aromatic N) is 1. The van der Waals surface area contributed by atoms with E-state index in [1.165, 1.54) is 11.1 Å². The number of nitrogens with one attached hydrogen (secondary N) is 2. The smallest absolute Gasteiger partial charge is 0.240 e. The zero-order valence-corrected chi connectivity index (χ0v) is 12.9. The molecule has 1 aliphatic heterocycles. The van der Waals surface area contributed by atoms with Crippen LogP contribution in [0.15, 0.2) is 53.6 Å². The first-order chi connectivity index (χ1) is 11.2. The molecule has 4 nitrogen and oxygen atoms in total. The molecule has 0 spiro atoms. The van der Waals surface area contributed by atoms with E-state index in [0.717, 1.165) is 27.9 Å². The van der Waals surface area contributed by atoms with Crippen molar-refractivity contribution < 1.29 is 4.79 Å². The number of fused-ring (bicyclic) bond motifs is 1. The summed E-state index contributed by atoms with van der Waals surface area (Å²) in [7, 11) is 0. The largest absolute Gasteiger partial charge is 0.355 e. The van der Waals surface area contributed by atoms with Crippen LogP contribution in [-0.4, -0.2) is 16.6 Å². The summed E-state index contributed by atoms with van der Waals surface area (Å²) in [5.74, 6) is -0.0156. The van der Waals surface area contributed by atoms with E-state index < -0.39 is 0 Å². The molecule has 0 bridgehead atoms. The highest BCUT2D eigenvalue weighted by molar-refractivity contribution is 6.06. The van der Waals surface area contributed by atoms with Gasteiger partial charge in [-0.2, -0.15) is 5.10 Å². The second kappa shape index (κ2) is 5.39. The van der Waals surface area contributed by atoms with Crippen LogP contribution in [0.5, 0.6) is 0 Å². The number of rotatable bonds is 2. The average Bonchev–Trinajstić information content (AvgIpc) is 2.99. The lowest BCUT2D eigenvalue weighted by molar-refractivity contribution is -0.121. The van der Waals surface area contributed by atoms with Gasteiger partial charge >= 0.3 is 0 Å². The van der Waals surface area contributed by atoms with Crippen LogP contribution in [0.2, 0.25) is 0 Å². The number of carbonyl (C=O) groups excluding carboxylic acids is 1. The number of hydrogen-bond acceptors (Lipinski definition) is 2. The third kappa shape index (κ3) is 2.63. The standard InChI is InChI=1S/C19H17N3O/c1-12-2-4-13(5-3-12)18-11-15-10-14(6-7-16(15)20-18)17-8-9-19(23)22-21-17/h2-7,10-11,20H,8-9H2,1H3,(H,22,23). The minimum atomic E-state index is -0.0156. The summed E-state index contributed by atoms with van der Waals surface area (Å²) < 4.78 is 0. The Morgan fingerprint density at radius 3 is 2.48 bits per heavy atom. The number of aromatic amines is 1. The molecule has 114 valence electrons. The Kier molecular flexibility index (Phi) is 3.23. The van der Waals surface area contributed by atoms with Gasteiger partial charge in [-0.05, 0) is 36.2 Å². The van der Waals surface area contributed by atoms with Crippen molar-refractivity contribution in [3.05, 3.63) is 59.7 Å². The van der Waals surface area contributed by atoms with Crippen molar-refractivity contribution in [3.63, 3.8) is 0 Å². The summed E-state index contributed by atoms with van der Waals surface area (Å²) in [4.78, 5) is 14.7. The number of hydrazone groups is 1. The van der Waals surface area contributed by atoms with Crippen LogP contribution < -0.4 is 5.43 Å². The van der Waals surface area contributed by atoms with Gasteiger partial charge in [0.15, 0.2) is 0 Å². The van der Waals surface area contributed by atoms with Crippen molar-refractivity contribution in [3.8, 4) is 11.3 Å².